The highest BCUT2D eigenvalue weighted by Gasteiger charge is 2.25. The summed E-state index contributed by atoms with van der Waals surface area (Å²) >= 11 is 3.23. The Bertz CT molecular complexity index is 485. The fraction of sp³-hybridized carbons (Fsp3) is 0.455. The molecular formula is C11H16BrNO3S. The first-order valence-electron chi connectivity index (χ1n) is 5.17. The molecule has 0 aromatic heterocycles. The van der Waals surface area contributed by atoms with Crippen molar-refractivity contribution in [1.82, 2.24) is 4.72 Å². The van der Waals surface area contributed by atoms with Crippen molar-refractivity contribution >= 4 is 26.0 Å². The van der Waals surface area contributed by atoms with E-state index >= 15 is 0 Å². The van der Waals surface area contributed by atoms with E-state index in [0.29, 0.717) is 10.9 Å². The van der Waals surface area contributed by atoms with Crippen LogP contribution in [0.25, 0.3) is 0 Å². The number of halogens is 1. The van der Waals surface area contributed by atoms with Crippen LogP contribution in [0.2, 0.25) is 0 Å². The molecule has 0 aliphatic rings. The highest BCUT2D eigenvalue weighted by molar-refractivity contribution is 9.10. The lowest BCUT2D eigenvalue weighted by molar-refractivity contribution is 0.246. The zero-order valence-corrected chi connectivity index (χ0v) is 12.2. The van der Waals surface area contributed by atoms with E-state index in [-0.39, 0.29) is 11.5 Å². The molecular weight excluding hydrogens is 306 g/mol. The fourth-order valence-corrected chi connectivity index (χ4v) is 3.43. The van der Waals surface area contributed by atoms with E-state index in [0.717, 1.165) is 0 Å². The van der Waals surface area contributed by atoms with E-state index in [1.807, 2.05) is 0 Å². The summed E-state index contributed by atoms with van der Waals surface area (Å²) in [5, 5.41) is 8.87. The van der Waals surface area contributed by atoms with Crippen molar-refractivity contribution in [3.8, 4) is 0 Å². The second-order valence-electron chi connectivity index (χ2n) is 4.42. The maximum Gasteiger partial charge on any atom is 0.241 e. The Labute approximate surface area is 110 Å². The predicted molar refractivity (Wildman–Crippen MR) is 70.2 cm³/mol. The van der Waals surface area contributed by atoms with Crippen molar-refractivity contribution < 1.29 is 13.5 Å². The van der Waals surface area contributed by atoms with Gasteiger partial charge in [0.25, 0.3) is 0 Å². The van der Waals surface area contributed by atoms with Gasteiger partial charge in [-0.1, -0.05) is 22.0 Å². The van der Waals surface area contributed by atoms with Gasteiger partial charge in [-0.25, -0.2) is 13.1 Å². The molecule has 0 spiro atoms. The minimum absolute atomic E-state index is 0.0615. The summed E-state index contributed by atoms with van der Waals surface area (Å²) in [6.45, 7) is 3.41. The molecule has 0 heterocycles. The highest BCUT2D eigenvalue weighted by Crippen LogP contribution is 2.18. The van der Waals surface area contributed by atoms with Gasteiger partial charge < -0.3 is 5.11 Å². The third kappa shape index (κ3) is 4.39. The van der Waals surface area contributed by atoms with Gasteiger partial charge in [0, 0.05) is 16.6 Å². The van der Waals surface area contributed by atoms with Crippen LogP contribution in [-0.2, 0) is 10.0 Å². The van der Waals surface area contributed by atoms with E-state index < -0.39 is 15.6 Å². The van der Waals surface area contributed by atoms with Crippen molar-refractivity contribution in [3.63, 3.8) is 0 Å². The Morgan fingerprint density at radius 2 is 2.06 bits per heavy atom. The van der Waals surface area contributed by atoms with Gasteiger partial charge in [0.1, 0.15) is 0 Å². The minimum Gasteiger partial charge on any atom is -0.396 e. The van der Waals surface area contributed by atoms with Crippen molar-refractivity contribution in [3.05, 3.63) is 28.7 Å². The Balaban J connectivity index is 2.97. The first-order chi connectivity index (χ1) is 7.77. The standard InChI is InChI=1S/C11H16BrNO3S/c1-11(2,6-7-14)13-17(15,16)10-5-3-4-9(12)8-10/h3-5,8,13-14H,6-7H2,1-2H3. The summed E-state index contributed by atoms with van der Waals surface area (Å²) in [7, 11) is -3.55. The first kappa shape index (κ1) is 14.6. The number of hydrogen-bond acceptors (Lipinski definition) is 3. The minimum atomic E-state index is -3.55. The average Bonchev–Trinajstić information content (AvgIpc) is 2.15. The molecule has 1 aromatic rings. The molecule has 0 unspecified atom stereocenters. The zero-order chi connectivity index (χ0) is 13.1. The third-order valence-electron chi connectivity index (χ3n) is 2.25. The summed E-state index contributed by atoms with van der Waals surface area (Å²) in [6, 6.07) is 6.50. The van der Waals surface area contributed by atoms with Gasteiger partial charge in [-0.05, 0) is 38.5 Å². The van der Waals surface area contributed by atoms with E-state index in [4.69, 9.17) is 5.11 Å². The van der Waals surface area contributed by atoms with Gasteiger partial charge in [-0.2, -0.15) is 0 Å². The molecule has 0 atom stereocenters. The molecule has 1 rings (SSSR count). The molecule has 17 heavy (non-hydrogen) atoms. The molecule has 96 valence electrons. The number of nitrogens with one attached hydrogen (secondary N) is 1. The number of sulfonamides is 1. The molecule has 0 saturated heterocycles. The molecule has 2 N–H and O–H groups in total. The normalized spacial score (nSPS) is 12.7. The Morgan fingerprint density at radius 3 is 2.59 bits per heavy atom. The zero-order valence-electron chi connectivity index (χ0n) is 9.77. The lowest BCUT2D eigenvalue weighted by Gasteiger charge is -2.25. The Morgan fingerprint density at radius 1 is 1.41 bits per heavy atom. The van der Waals surface area contributed by atoms with Gasteiger partial charge in [-0.15, -0.1) is 0 Å². The van der Waals surface area contributed by atoms with Gasteiger partial charge >= 0.3 is 0 Å². The maximum absolute atomic E-state index is 12.1. The molecule has 4 nitrogen and oxygen atoms in total. The molecule has 0 fully saturated rings. The van der Waals surface area contributed by atoms with Gasteiger partial charge in [-0.3, -0.25) is 0 Å². The van der Waals surface area contributed by atoms with Crippen LogP contribution in [0.1, 0.15) is 20.3 Å². The first-order valence-corrected chi connectivity index (χ1v) is 7.45. The fourth-order valence-electron chi connectivity index (χ4n) is 1.39. The van der Waals surface area contributed by atoms with Crippen LogP contribution < -0.4 is 4.72 Å². The largest absolute Gasteiger partial charge is 0.396 e. The van der Waals surface area contributed by atoms with Crippen LogP contribution in [0.4, 0.5) is 0 Å². The number of rotatable bonds is 5. The van der Waals surface area contributed by atoms with Crippen LogP contribution in [0.5, 0.6) is 0 Å². The van der Waals surface area contributed by atoms with Gasteiger partial charge in [0.2, 0.25) is 10.0 Å². The number of hydrogen-bond donors (Lipinski definition) is 2. The summed E-state index contributed by atoms with van der Waals surface area (Å²) in [4.78, 5) is 0.206. The van der Waals surface area contributed by atoms with Gasteiger partial charge in [0.15, 0.2) is 0 Å². The maximum atomic E-state index is 12.1. The molecule has 0 aliphatic heterocycles. The quantitative estimate of drug-likeness (QED) is 0.870. The summed E-state index contributed by atoms with van der Waals surface area (Å²) in [5.41, 5.74) is -0.671. The second kappa shape index (κ2) is 5.48. The molecule has 0 saturated carbocycles. The molecule has 0 bridgehead atoms. The molecule has 1 aromatic carbocycles. The highest BCUT2D eigenvalue weighted by atomic mass is 79.9. The Kier molecular flexibility index (Phi) is 4.71. The van der Waals surface area contributed by atoms with Crippen LogP contribution in [0, 0.1) is 0 Å². The molecule has 0 radical (unpaired) electrons. The topological polar surface area (TPSA) is 66.4 Å². The summed E-state index contributed by atoms with van der Waals surface area (Å²) < 4.78 is 27.4. The van der Waals surface area contributed by atoms with Crippen molar-refractivity contribution in [2.45, 2.75) is 30.7 Å². The lowest BCUT2D eigenvalue weighted by atomic mass is 10.0. The van der Waals surface area contributed by atoms with Crippen molar-refractivity contribution in [2.75, 3.05) is 6.61 Å². The van der Waals surface area contributed by atoms with E-state index in [2.05, 4.69) is 20.7 Å². The van der Waals surface area contributed by atoms with Crippen LogP contribution in [0.15, 0.2) is 33.6 Å². The lowest BCUT2D eigenvalue weighted by Crippen LogP contribution is -2.43. The van der Waals surface area contributed by atoms with E-state index in [9.17, 15) is 8.42 Å². The van der Waals surface area contributed by atoms with Crippen LogP contribution in [-0.4, -0.2) is 25.7 Å². The smallest absolute Gasteiger partial charge is 0.241 e. The second-order valence-corrected chi connectivity index (χ2v) is 7.02. The monoisotopic (exact) mass is 321 g/mol. The van der Waals surface area contributed by atoms with E-state index in [1.54, 1.807) is 26.0 Å². The number of benzene rings is 1. The van der Waals surface area contributed by atoms with Crippen molar-refractivity contribution in [1.29, 1.82) is 0 Å². The van der Waals surface area contributed by atoms with Crippen LogP contribution >= 0.6 is 15.9 Å². The Hall–Kier alpha value is -0.430. The van der Waals surface area contributed by atoms with Crippen molar-refractivity contribution in [2.24, 2.45) is 0 Å². The van der Waals surface area contributed by atoms with E-state index in [1.165, 1.54) is 12.1 Å². The third-order valence-corrected chi connectivity index (χ3v) is 4.44. The molecule has 6 heteroatoms. The molecule has 0 aliphatic carbocycles. The summed E-state index contributed by atoms with van der Waals surface area (Å²) in [6.07, 6.45) is 0.361. The summed E-state index contributed by atoms with van der Waals surface area (Å²) in [5.74, 6) is 0. The predicted octanol–water partition coefficient (Wildman–Crippen LogP) is 1.89. The SMILES string of the molecule is CC(C)(CCO)NS(=O)(=O)c1cccc(Br)c1. The average molecular weight is 322 g/mol. The number of aliphatic hydroxyl groups is 1. The van der Waals surface area contributed by atoms with Gasteiger partial charge in [0.05, 0.1) is 4.90 Å². The number of aliphatic hydroxyl groups excluding tert-OH is 1. The van der Waals surface area contributed by atoms with Crippen LogP contribution in [0.3, 0.4) is 0 Å². The molecule has 0 amide bonds.